The molecule has 0 radical (unpaired) electrons. The summed E-state index contributed by atoms with van der Waals surface area (Å²) in [6.45, 7) is 4.08. The van der Waals surface area contributed by atoms with Crippen LogP contribution in [0, 0.1) is 0 Å². The Morgan fingerprint density at radius 1 is 1.20 bits per heavy atom. The molecular formula is C13H16F3NO2S. The van der Waals surface area contributed by atoms with Crippen LogP contribution >= 0.6 is 0 Å². The number of rotatable bonds is 4. The molecule has 1 aromatic rings. The number of halogens is 3. The highest BCUT2D eigenvalue weighted by molar-refractivity contribution is 7.85. The van der Waals surface area contributed by atoms with Crippen molar-refractivity contribution in [2.75, 3.05) is 6.61 Å². The molecule has 0 aliphatic rings. The molecule has 112 valence electrons. The molecule has 0 bridgehead atoms. The van der Waals surface area contributed by atoms with Crippen LogP contribution in [-0.2, 0) is 11.0 Å². The van der Waals surface area contributed by atoms with E-state index in [0.717, 1.165) is 0 Å². The lowest BCUT2D eigenvalue weighted by molar-refractivity contribution is -0.153. The minimum Gasteiger partial charge on any atom is -0.484 e. The van der Waals surface area contributed by atoms with E-state index in [1.807, 2.05) is 0 Å². The minimum atomic E-state index is -4.36. The normalized spacial score (nSPS) is 14.5. The predicted molar refractivity (Wildman–Crippen MR) is 73.5 cm³/mol. The summed E-state index contributed by atoms with van der Waals surface area (Å²) in [5.74, 6) is 0.122. The largest absolute Gasteiger partial charge is 0.484 e. The average molecular weight is 307 g/mol. The minimum absolute atomic E-state index is 0.122. The summed E-state index contributed by atoms with van der Waals surface area (Å²) in [6, 6.07) is 5.92. The van der Waals surface area contributed by atoms with Crippen LogP contribution in [0.15, 0.2) is 28.7 Å². The number of ether oxygens (including phenoxy) is 1. The predicted octanol–water partition coefficient (Wildman–Crippen LogP) is 3.51. The number of benzene rings is 1. The Morgan fingerprint density at radius 3 is 2.20 bits per heavy atom. The Hall–Kier alpha value is -1.37. The third-order valence-corrected chi connectivity index (χ3v) is 3.45. The van der Waals surface area contributed by atoms with Crippen LogP contribution in [0.5, 0.6) is 5.75 Å². The monoisotopic (exact) mass is 307 g/mol. The van der Waals surface area contributed by atoms with Crippen molar-refractivity contribution in [1.29, 1.82) is 0 Å². The maximum absolute atomic E-state index is 12.0. The van der Waals surface area contributed by atoms with Gasteiger partial charge in [0.2, 0.25) is 0 Å². The Morgan fingerprint density at radius 2 is 1.75 bits per heavy atom. The van der Waals surface area contributed by atoms with Gasteiger partial charge < -0.3 is 4.74 Å². The third kappa shape index (κ3) is 6.18. The van der Waals surface area contributed by atoms with Crippen molar-refractivity contribution in [2.24, 2.45) is 4.40 Å². The lowest BCUT2D eigenvalue weighted by Crippen LogP contribution is -2.19. The maximum atomic E-state index is 12.0. The molecule has 1 aromatic carbocycles. The molecule has 0 spiro atoms. The van der Waals surface area contributed by atoms with Gasteiger partial charge in [-0.15, -0.1) is 0 Å². The number of alkyl halides is 3. The van der Waals surface area contributed by atoms with Gasteiger partial charge in [0, 0.05) is 6.21 Å². The van der Waals surface area contributed by atoms with E-state index in [1.54, 1.807) is 32.9 Å². The molecule has 0 saturated heterocycles. The van der Waals surface area contributed by atoms with Crippen molar-refractivity contribution >= 4 is 17.2 Å². The summed E-state index contributed by atoms with van der Waals surface area (Å²) < 4.78 is 55.6. The van der Waals surface area contributed by atoms with Gasteiger partial charge in [-0.05, 0) is 50.6 Å². The second-order valence-corrected chi connectivity index (χ2v) is 7.00. The number of hydrogen-bond donors (Lipinski definition) is 0. The van der Waals surface area contributed by atoms with Crippen molar-refractivity contribution in [3.63, 3.8) is 0 Å². The van der Waals surface area contributed by atoms with Crippen LogP contribution in [-0.4, -0.2) is 28.0 Å². The highest BCUT2D eigenvalue weighted by atomic mass is 32.2. The van der Waals surface area contributed by atoms with E-state index >= 15 is 0 Å². The fourth-order valence-corrected chi connectivity index (χ4v) is 1.62. The van der Waals surface area contributed by atoms with Crippen molar-refractivity contribution in [3.8, 4) is 5.75 Å². The summed E-state index contributed by atoms with van der Waals surface area (Å²) in [7, 11) is -1.37. The zero-order valence-corrected chi connectivity index (χ0v) is 12.2. The highest BCUT2D eigenvalue weighted by Gasteiger charge is 2.28. The van der Waals surface area contributed by atoms with E-state index in [0.29, 0.717) is 5.56 Å². The standard InChI is InChI=1S/C13H16F3NO2S/c1-12(2,3)20(18)17-8-10-4-6-11(7-5-10)19-9-13(14,15)16/h4-8H,9H2,1-3H3/b17-8+/t20-/m0/s1. The first-order valence-electron chi connectivity index (χ1n) is 5.83. The molecule has 20 heavy (non-hydrogen) atoms. The maximum Gasteiger partial charge on any atom is 0.422 e. The first-order valence-corrected chi connectivity index (χ1v) is 6.94. The van der Waals surface area contributed by atoms with Gasteiger partial charge >= 0.3 is 6.18 Å². The van der Waals surface area contributed by atoms with Gasteiger partial charge in [-0.25, -0.2) is 4.21 Å². The fourth-order valence-electron chi connectivity index (χ4n) is 1.08. The van der Waals surface area contributed by atoms with Crippen LogP contribution in [0.1, 0.15) is 26.3 Å². The summed E-state index contributed by atoms with van der Waals surface area (Å²) in [5.41, 5.74) is 0.641. The third-order valence-electron chi connectivity index (χ3n) is 2.10. The molecular weight excluding hydrogens is 291 g/mol. The zero-order chi connectivity index (χ0) is 15.4. The first-order chi connectivity index (χ1) is 9.08. The molecule has 0 N–H and O–H groups in total. The number of nitrogens with zero attached hydrogens (tertiary/aromatic N) is 1. The molecule has 7 heteroatoms. The molecule has 0 heterocycles. The lowest BCUT2D eigenvalue weighted by Gasteiger charge is -2.12. The van der Waals surface area contributed by atoms with Gasteiger partial charge in [-0.1, -0.05) is 0 Å². The lowest BCUT2D eigenvalue weighted by atomic mass is 10.2. The van der Waals surface area contributed by atoms with Crippen molar-refractivity contribution in [3.05, 3.63) is 29.8 Å². The summed E-state index contributed by atoms with van der Waals surface area (Å²) in [6.07, 6.45) is -2.93. The van der Waals surface area contributed by atoms with E-state index in [4.69, 9.17) is 0 Å². The van der Waals surface area contributed by atoms with E-state index in [2.05, 4.69) is 9.13 Å². The van der Waals surface area contributed by atoms with Gasteiger partial charge in [0.15, 0.2) is 6.61 Å². The van der Waals surface area contributed by atoms with Crippen LogP contribution in [0.2, 0.25) is 0 Å². The Kier molecular flexibility index (Phi) is 5.33. The molecule has 1 atom stereocenters. The average Bonchev–Trinajstić information content (AvgIpc) is 2.32. The second kappa shape index (κ2) is 6.39. The molecule has 0 amide bonds. The topological polar surface area (TPSA) is 38.7 Å². The van der Waals surface area contributed by atoms with E-state index in [-0.39, 0.29) is 5.75 Å². The Labute approximate surface area is 118 Å². The van der Waals surface area contributed by atoms with Crippen LogP contribution in [0.4, 0.5) is 13.2 Å². The SMILES string of the molecule is CC(C)(C)[S@](=O)/N=C/c1ccc(OCC(F)(F)F)cc1. The van der Waals surface area contributed by atoms with E-state index < -0.39 is 28.5 Å². The van der Waals surface area contributed by atoms with Gasteiger partial charge in [0.05, 0.1) is 4.75 Å². The molecule has 0 fully saturated rings. The molecule has 0 aromatic heterocycles. The molecule has 0 aliphatic carbocycles. The van der Waals surface area contributed by atoms with Gasteiger partial charge in [-0.2, -0.15) is 17.6 Å². The fraction of sp³-hybridized carbons (Fsp3) is 0.462. The summed E-state index contributed by atoms with van der Waals surface area (Å²) in [5, 5.41) is 0. The molecule has 3 nitrogen and oxygen atoms in total. The Balaban J connectivity index is 2.63. The Bertz CT molecular complexity index is 490. The van der Waals surface area contributed by atoms with Gasteiger partial charge in [-0.3, -0.25) is 0 Å². The first kappa shape index (κ1) is 16.7. The smallest absolute Gasteiger partial charge is 0.422 e. The molecule has 0 aliphatic heterocycles. The summed E-state index contributed by atoms with van der Waals surface area (Å²) >= 11 is 0. The van der Waals surface area contributed by atoms with Gasteiger partial charge in [0.25, 0.3) is 0 Å². The zero-order valence-electron chi connectivity index (χ0n) is 11.4. The summed E-state index contributed by atoms with van der Waals surface area (Å²) in [4.78, 5) is 0. The van der Waals surface area contributed by atoms with Crippen molar-refractivity contribution in [1.82, 2.24) is 0 Å². The van der Waals surface area contributed by atoms with Crippen LogP contribution in [0.25, 0.3) is 0 Å². The van der Waals surface area contributed by atoms with E-state index in [1.165, 1.54) is 18.3 Å². The van der Waals surface area contributed by atoms with Crippen molar-refractivity contribution in [2.45, 2.75) is 31.7 Å². The number of hydrogen-bond acceptors (Lipinski definition) is 2. The van der Waals surface area contributed by atoms with Gasteiger partial charge in [0.1, 0.15) is 16.7 Å². The molecule has 0 saturated carbocycles. The molecule has 0 unspecified atom stereocenters. The van der Waals surface area contributed by atoms with Crippen molar-refractivity contribution < 1.29 is 22.1 Å². The van der Waals surface area contributed by atoms with E-state index in [9.17, 15) is 17.4 Å². The highest BCUT2D eigenvalue weighted by Crippen LogP contribution is 2.18. The molecule has 1 rings (SSSR count). The quantitative estimate of drug-likeness (QED) is 0.798. The van der Waals surface area contributed by atoms with Crippen LogP contribution < -0.4 is 4.74 Å². The van der Waals surface area contributed by atoms with Crippen LogP contribution in [0.3, 0.4) is 0 Å². The second-order valence-electron chi connectivity index (χ2n) is 5.07.